The molecule has 0 aliphatic heterocycles. The summed E-state index contributed by atoms with van der Waals surface area (Å²) >= 11 is 0. The molecule has 9 heavy (non-hydrogen) atoms. The summed E-state index contributed by atoms with van der Waals surface area (Å²) in [6.07, 6.45) is 0. The van der Waals surface area contributed by atoms with E-state index in [4.69, 9.17) is 5.11 Å². The molecule has 0 heterocycles. The first-order chi connectivity index (χ1) is 2.94. The van der Waals surface area contributed by atoms with Crippen molar-refractivity contribution in [1.29, 1.82) is 0 Å². The molecule has 0 aromatic rings. The molecule has 0 radical (unpaired) electrons. The number of carbonyl (C=O) groups is 1. The van der Waals surface area contributed by atoms with Crippen molar-refractivity contribution in [2.75, 3.05) is 0 Å². The van der Waals surface area contributed by atoms with Crippen LogP contribution in [0.5, 0.6) is 0 Å². The van der Waals surface area contributed by atoms with Gasteiger partial charge in [0.2, 0.25) is 0 Å². The van der Waals surface area contributed by atoms with Gasteiger partial charge in [-0.25, -0.2) is 0 Å². The maximum absolute atomic E-state index is 10.0. The molecule has 0 saturated heterocycles. The van der Waals surface area contributed by atoms with Gasteiger partial charge in [-0.2, -0.15) is 0 Å². The molecule has 52 valence electrons. The summed E-state index contributed by atoms with van der Waals surface area (Å²) in [6.45, 7) is 4.99. The fraction of sp³-hybridized carbons (Fsp3) is 0.800. The third-order valence-corrected chi connectivity index (χ3v) is 0.642. The molecule has 0 bridgehead atoms. The van der Waals surface area contributed by atoms with E-state index < -0.39 is 11.4 Å². The van der Waals surface area contributed by atoms with Crippen LogP contribution in [0, 0.1) is 5.41 Å². The number of hydrogen-bond acceptors (Lipinski definition) is 1. The van der Waals surface area contributed by atoms with Gasteiger partial charge in [0.1, 0.15) is 0 Å². The molecule has 0 fully saturated rings. The number of rotatable bonds is 0. The average molecular weight is 144 g/mol. The molecule has 0 amide bonds. The van der Waals surface area contributed by atoms with Crippen molar-refractivity contribution in [3.05, 3.63) is 0 Å². The average Bonchev–Trinajstić information content (AvgIpc) is 1.31. The van der Waals surface area contributed by atoms with E-state index >= 15 is 0 Å². The molecule has 4 heteroatoms. The van der Waals surface area contributed by atoms with Gasteiger partial charge in [-0.05, 0) is 20.8 Å². The maximum atomic E-state index is 10.0. The molecule has 0 aliphatic carbocycles. The van der Waals surface area contributed by atoms with Gasteiger partial charge in [-0.3, -0.25) is 4.79 Å². The van der Waals surface area contributed by atoms with Gasteiger partial charge in [0.25, 0.3) is 0 Å². The van der Waals surface area contributed by atoms with Gasteiger partial charge in [-0.15, -0.1) is 0 Å². The Kier molecular flexibility index (Phi) is 9.43. The van der Waals surface area contributed by atoms with Crippen molar-refractivity contribution >= 4 is 35.5 Å². The minimum absolute atomic E-state index is 0. The standard InChI is InChI=1S/C5H10O2.Na.H2O.H/c1-5(2,3)4(6)7;;;/h1-3H3,(H,6,7);;1H2;. The number of hydrogen-bond donors (Lipinski definition) is 1. The minimum atomic E-state index is -0.757. The fourth-order valence-electron chi connectivity index (χ4n) is 0. The third-order valence-electron chi connectivity index (χ3n) is 0.642. The summed E-state index contributed by atoms with van der Waals surface area (Å²) in [4.78, 5) is 10.0. The normalized spacial score (nSPS) is 8.78. The van der Waals surface area contributed by atoms with Crippen LogP contribution in [0.15, 0.2) is 0 Å². The molecule has 0 rings (SSSR count). The quantitative estimate of drug-likeness (QED) is 0.472. The van der Waals surface area contributed by atoms with Gasteiger partial charge in [-0.1, -0.05) is 0 Å². The molecule has 0 atom stereocenters. The van der Waals surface area contributed by atoms with Gasteiger partial charge >= 0.3 is 35.5 Å². The Bertz CT molecular complexity index is 84.7. The molecule has 3 nitrogen and oxygen atoms in total. The predicted molar refractivity (Wildman–Crippen MR) is 37.9 cm³/mol. The molecule has 0 aromatic carbocycles. The Morgan fingerprint density at radius 2 is 1.44 bits per heavy atom. The summed E-state index contributed by atoms with van der Waals surface area (Å²) < 4.78 is 0. The first-order valence-corrected chi connectivity index (χ1v) is 2.18. The van der Waals surface area contributed by atoms with Crippen molar-refractivity contribution < 1.29 is 15.4 Å². The van der Waals surface area contributed by atoms with Gasteiger partial charge in [0.15, 0.2) is 0 Å². The predicted octanol–water partition coefficient (Wildman–Crippen LogP) is -0.356. The van der Waals surface area contributed by atoms with Crippen molar-refractivity contribution in [2.24, 2.45) is 5.41 Å². The molecular weight excluding hydrogens is 131 g/mol. The fourth-order valence-corrected chi connectivity index (χ4v) is 0. The first kappa shape index (κ1) is 16.2. The zero-order valence-corrected chi connectivity index (χ0v) is 5.36. The van der Waals surface area contributed by atoms with Crippen LogP contribution in [0.25, 0.3) is 0 Å². The summed E-state index contributed by atoms with van der Waals surface area (Å²) in [7, 11) is 0. The SMILES string of the molecule is CC(C)(C)C(=O)O.O.[NaH]. The van der Waals surface area contributed by atoms with Crippen molar-refractivity contribution in [2.45, 2.75) is 20.8 Å². The summed E-state index contributed by atoms with van der Waals surface area (Å²) in [5.74, 6) is -0.757. The zero-order valence-electron chi connectivity index (χ0n) is 5.36. The Labute approximate surface area is 77.0 Å². The summed E-state index contributed by atoms with van der Waals surface area (Å²) in [5.41, 5.74) is -0.583. The second-order valence-electron chi connectivity index (χ2n) is 2.56. The summed E-state index contributed by atoms with van der Waals surface area (Å²) in [5, 5.41) is 8.25. The van der Waals surface area contributed by atoms with E-state index in [1.807, 2.05) is 0 Å². The van der Waals surface area contributed by atoms with Crippen LogP contribution in [0.2, 0.25) is 0 Å². The molecule has 3 N–H and O–H groups in total. The van der Waals surface area contributed by atoms with Crippen LogP contribution in [0.1, 0.15) is 20.8 Å². The molecule has 0 unspecified atom stereocenters. The molecular formula is C5H13NaO3. The Morgan fingerprint density at radius 3 is 1.44 bits per heavy atom. The number of aliphatic carboxylic acids is 1. The van der Waals surface area contributed by atoms with Crippen molar-refractivity contribution in [1.82, 2.24) is 0 Å². The van der Waals surface area contributed by atoms with Gasteiger partial charge in [0, 0.05) is 0 Å². The molecule has 0 saturated carbocycles. The van der Waals surface area contributed by atoms with Crippen LogP contribution in [0.3, 0.4) is 0 Å². The van der Waals surface area contributed by atoms with Gasteiger partial charge in [0.05, 0.1) is 5.41 Å². The van der Waals surface area contributed by atoms with E-state index in [9.17, 15) is 4.79 Å². The Morgan fingerprint density at radius 1 is 1.33 bits per heavy atom. The van der Waals surface area contributed by atoms with E-state index in [2.05, 4.69) is 0 Å². The number of carboxylic acids is 1. The molecule has 0 aromatic heterocycles. The van der Waals surface area contributed by atoms with E-state index in [1.165, 1.54) is 0 Å². The second-order valence-corrected chi connectivity index (χ2v) is 2.56. The Hall–Kier alpha value is 0.430. The number of carboxylic acid groups (broad SMARTS) is 1. The monoisotopic (exact) mass is 144 g/mol. The van der Waals surface area contributed by atoms with Crippen molar-refractivity contribution in [3.8, 4) is 0 Å². The van der Waals surface area contributed by atoms with Gasteiger partial charge < -0.3 is 10.6 Å². The summed E-state index contributed by atoms with van der Waals surface area (Å²) in [6, 6.07) is 0. The zero-order chi connectivity index (χ0) is 6.08. The molecule has 0 aliphatic rings. The van der Waals surface area contributed by atoms with E-state index in [1.54, 1.807) is 20.8 Å². The van der Waals surface area contributed by atoms with E-state index in [0.717, 1.165) is 0 Å². The van der Waals surface area contributed by atoms with E-state index in [-0.39, 0.29) is 35.0 Å². The molecule has 0 spiro atoms. The van der Waals surface area contributed by atoms with Crippen LogP contribution < -0.4 is 0 Å². The first-order valence-electron chi connectivity index (χ1n) is 2.18. The van der Waals surface area contributed by atoms with Crippen LogP contribution >= 0.6 is 0 Å². The topological polar surface area (TPSA) is 68.8 Å². The Balaban J connectivity index is -0.000000180. The van der Waals surface area contributed by atoms with Crippen LogP contribution in [0.4, 0.5) is 0 Å². The third kappa shape index (κ3) is 8.43. The second kappa shape index (κ2) is 5.23. The van der Waals surface area contributed by atoms with Crippen molar-refractivity contribution in [3.63, 3.8) is 0 Å². The van der Waals surface area contributed by atoms with E-state index in [0.29, 0.717) is 0 Å². The van der Waals surface area contributed by atoms with Crippen LogP contribution in [-0.4, -0.2) is 46.1 Å². The van der Waals surface area contributed by atoms with Crippen LogP contribution in [-0.2, 0) is 4.79 Å².